The molecule has 0 N–H and O–H groups in total. The zero-order valence-electron chi connectivity index (χ0n) is 17.6. The maximum atomic E-state index is 12.7. The van der Waals surface area contributed by atoms with Crippen molar-refractivity contribution in [2.24, 2.45) is 0 Å². The first kappa shape index (κ1) is 21.4. The lowest BCUT2D eigenvalue weighted by Gasteiger charge is -2.15. The molecule has 0 unspecified atom stereocenters. The molecule has 1 fully saturated rings. The summed E-state index contributed by atoms with van der Waals surface area (Å²) in [7, 11) is 3.25. The van der Waals surface area contributed by atoms with Gasteiger partial charge < -0.3 is 14.2 Å². The number of rotatable bonds is 9. The zero-order chi connectivity index (χ0) is 21.6. The molecule has 1 aromatic heterocycles. The van der Waals surface area contributed by atoms with E-state index < -0.39 is 0 Å². The minimum atomic E-state index is 0.0327. The summed E-state index contributed by atoms with van der Waals surface area (Å²) in [5.41, 5.74) is 1.59. The molecule has 1 saturated heterocycles. The van der Waals surface area contributed by atoms with Gasteiger partial charge in [-0.15, -0.1) is 10.2 Å². The lowest BCUT2D eigenvalue weighted by atomic mass is 10.1. The van der Waals surface area contributed by atoms with E-state index in [0.717, 1.165) is 42.3 Å². The normalized spacial score (nSPS) is 15.7. The molecular weight excluding hydrogens is 414 g/mol. The van der Waals surface area contributed by atoms with Gasteiger partial charge >= 0.3 is 0 Å². The van der Waals surface area contributed by atoms with E-state index in [1.165, 1.54) is 11.8 Å². The van der Waals surface area contributed by atoms with Gasteiger partial charge in [0.1, 0.15) is 11.5 Å². The second kappa shape index (κ2) is 9.98. The third kappa shape index (κ3) is 5.08. The van der Waals surface area contributed by atoms with Crippen LogP contribution in [0.3, 0.4) is 0 Å². The summed E-state index contributed by atoms with van der Waals surface area (Å²) < 4.78 is 18.3. The Bertz CT molecular complexity index is 1010. The van der Waals surface area contributed by atoms with Crippen LogP contribution in [0.5, 0.6) is 11.5 Å². The van der Waals surface area contributed by atoms with Crippen molar-refractivity contribution in [2.45, 2.75) is 30.6 Å². The lowest BCUT2D eigenvalue weighted by molar-refractivity contribution is 0.0953. The molecule has 0 aliphatic carbocycles. The van der Waals surface area contributed by atoms with E-state index in [4.69, 9.17) is 14.2 Å². The number of ketones is 1. The monoisotopic (exact) mass is 439 g/mol. The molecule has 0 saturated carbocycles. The lowest BCUT2D eigenvalue weighted by Crippen LogP contribution is -2.17. The zero-order valence-corrected chi connectivity index (χ0v) is 18.4. The van der Waals surface area contributed by atoms with E-state index in [1.54, 1.807) is 38.5 Å². The van der Waals surface area contributed by atoms with Gasteiger partial charge in [0.25, 0.3) is 0 Å². The SMILES string of the molecule is COc1ccc(C(=O)CSc2nnc(-c3ccc(OC)cc3)n2C[C@H]2CCCO2)cc1. The molecule has 162 valence electrons. The molecule has 1 aliphatic heterocycles. The summed E-state index contributed by atoms with van der Waals surface area (Å²) in [6.45, 7) is 1.44. The first-order valence-electron chi connectivity index (χ1n) is 10.2. The summed E-state index contributed by atoms with van der Waals surface area (Å²) in [5.74, 6) is 2.58. The Kier molecular flexibility index (Phi) is 6.89. The summed E-state index contributed by atoms with van der Waals surface area (Å²) in [4.78, 5) is 12.7. The van der Waals surface area contributed by atoms with E-state index in [1.807, 2.05) is 24.3 Å². The second-order valence-corrected chi connectivity index (χ2v) is 8.16. The number of nitrogens with zero attached hydrogens (tertiary/aromatic N) is 3. The molecular formula is C23H25N3O4S. The fourth-order valence-corrected chi connectivity index (χ4v) is 4.34. The maximum absolute atomic E-state index is 12.7. The number of carbonyl (C=O) groups is 1. The molecule has 7 nitrogen and oxygen atoms in total. The third-order valence-electron chi connectivity index (χ3n) is 5.22. The Morgan fingerprint density at radius 1 is 1.06 bits per heavy atom. The summed E-state index contributed by atoms with van der Waals surface area (Å²) >= 11 is 1.39. The third-order valence-corrected chi connectivity index (χ3v) is 6.19. The van der Waals surface area contributed by atoms with Crippen LogP contribution in [0, 0.1) is 0 Å². The molecule has 0 spiro atoms. The molecule has 0 amide bonds. The number of ether oxygens (including phenoxy) is 3. The first-order chi connectivity index (χ1) is 15.2. The highest BCUT2D eigenvalue weighted by molar-refractivity contribution is 7.99. The Balaban J connectivity index is 1.54. The first-order valence-corrected chi connectivity index (χ1v) is 11.2. The predicted molar refractivity (Wildman–Crippen MR) is 119 cm³/mol. The van der Waals surface area contributed by atoms with Crippen molar-refractivity contribution < 1.29 is 19.0 Å². The van der Waals surface area contributed by atoms with Crippen molar-refractivity contribution in [1.82, 2.24) is 14.8 Å². The highest BCUT2D eigenvalue weighted by Gasteiger charge is 2.22. The van der Waals surface area contributed by atoms with Crippen molar-refractivity contribution in [3.8, 4) is 22.9 Å². The maximum Gasteiger partial charge on any atom is 0.192 e. The quantitative estimate of drug-likeness (QED) is 0.367. The van der Waals surface area contributed by atoms with E-state index >= 15 is 0 Å². The molecule has 1 atom stereocenters. The number of methoxy groups -OCH3 is 2. The number of carbonyl (C=O) groups excluding carboxylic acids is 1. The van der Waals surface area contributed by atoms with E-state index in [-0.39, 0.29) is 17.6 Å². The van der Waals surface area contributed by atoms with Crippen LogP contribution in [0.2, 0.25) is 0 Å². The minimum Gasteiger partial charge on any atom is -0.497 e. The Hall–Kier alpha value is -2.84. The van der Waals surface area contributed by atoms with Crippen molar-refractivity contribution >= 4 is 17.5 Å². The van der Waals surface area contributed by atoms with Gasteiger partial charge in [-0.1, -0.05) is 11.8 Å². The van der Waals surface area contributed by atoms with E-state index in [2.05, 4.69) is 14.8 Å². The van der Waals surface area contributed by atoms with Crippen LogP contribution in [0.1, 0.15) is 23.2 Å². The van der Waals surface area contributed by atoms with Crippen molar-refractivity contribution in [3.05, 3.63) is 54.1 Å². The highest BCUT2D eigenvalue weighted by Crippen LogP contribution is 2.28. The van der Waals surface area contributed by atoms with Gasteiger partial charge in [-0.2, -0.15) is 0 Å². The fraction of sp³-hybridized carbons (Fsp3) is 0.348. The van der Waals surface area contributed by atoms with Gasteiger partial charge in [0.15, 0.2) is 16.8 Å². The van der Waals surface area contributed by atoms with Gasteiger partial charge in [-0.3, -0.25) is 9.36 Å². The summed E-state index contributed by atoms with van der Waals surface area (Å²) in [5, 5.41) is 9.52. The molecule has 8 heteroatoms. The average Bonchev–Trinajstić information content (AvgIpc) is 3.48. The number of thioether (sulfide) groups is 1. The number of hydrogen-bond donors (Lipinski definition) is 0. The van der Waals surface area contributed by atoms with Crippen LogP contribution in [0.25, 0.3) is 11.4 Å². The standard InChI is InChI=1S/C23H25N3O4S/c1-28-18-9-5-16(6-10-18)21(27)15-31-23-25-24-22(17-7-11-19(29-2)12-8-17)26(23)14-20-4-3-13-30-20/h5-12,20H,3-4,13-15H2,1-2H3/t20-/m1/s1. The van der Waals surface area contributed by atoms with Gasteiger partial charge in [0.2, 0.25) is 0 Å². The molecule has 3 aromatic rings. The van der Waals surface area contributed by atoms with Crippen molar-refractivity contribution in [3.63, 3.8) is 0 Å². The predicted octanol–water partition coefficient (Wildman–Crippen LogP) is 4.12. The topological polar surface area (TPSA) is 75.5 Å². The molecule has 1 aliphatic rings. The molecule has 0 radical (unpaired) electrons. The van der Waals surface area contributed by atoms with Crippen LogP contribution in [0.4, 0.5) is 0 Å². The molecule has 2 heterocycles. The van der Waals surface area contributed by atoms with Crippen LogP contribution in [-0.2, 0) is 11.3 Å². The molecule has 0 bridgehead atoms. The molecule has 31 heavy (non-hydrogen) atoms. The summed E-state index contributed by atoms with van der Waals surface area (Å²) in [6, 6.07) is 14.9. The van der Waals surface area contributed by atoms with E-state index in [9.17, 15) is 4.79 Å². The number of aromatic nitrogens is 3. The van der Waals surface area contributed by atoms with Crippen LogP contribution < -0.4 is 9.47 Å². The Labute approximate surface area is 185 Å². The van der Waals surface area contributed by atoms with Gasteiger partial charge in [0, 0.05) is 17.7 Å². The molecule has 2 aromatic carbocycles. The van der Waals surface area contributed by atoms with Crippen molar-refractivity contribution in [2.75, 3.05) is 26.6 Å². The summed E-state index contributed by atoms with van der Waals surface area (Å²) in [6.07, 6.45) is 2.20. The highest BCUT2D eigenvalue weighted by atomic mass is 32.2. The minimum absolute atomic E-state index is 0.0327. The Morgan fingerprint density at radius 2 is 1.74 bits per heavy atom. The second-order valence-electron chi connectivity index (χ2n) is 7.22. The Morgan fingerprint density at radius 3 is 2.35 bits per heavy atom. The van der Waals surface area contributed by atoms with Gasteiger partial charge in [-0.25, -0.2) is 0 Å². The number of benzene rings is 2. The van der Waals surface area contributed by atoms with Crippen molar-refractivity contribution in [1.29, 1.82) is 0 Å². The number of hydrogen-bond acceptors (Lipinski definition) is 7. The number of Topliss-reactive ketones (excluding diaryl/α,β-unsaturated/α-hetero) is 1. The van der Waals surface area contributed by atoms with Crippen LogP contribution in [0.15, 0.2) is 53.7 Å². The van der Waals surface area contributed by atoms with Crippen LogP contribution >= 0.6 is 11.8 Å². The van der Waals surface area contributed by atoms with E-state index in [0.29, 0.717) is 17.3 Å². The average molecular weight is 440 g/mol. The smallest absolute Gasteiger partial charge is 0.192 e. The van der Waals surface area contributed by atoms with Crippen LogP contribution in [-0.4, -0.2) is 53.2 Å². The molecule has 4 rings (SSSR count). The fourth-order valence-electron chi connectivity index (χ4n) is 3.50. The van der Waals surface area contributed by atoms with Gasteiger partial charge in [-0.05, 0) is 61.4 Å². The van der Waals surface area contributed by atoms with Gasteiger partial charge in [0.05, 0.1) is 32.6 Å². The largest absolute Gasteiger partial charge is 0.497 e.